The van der Waals surface area contributed by atoms with Crippen LogP contribution in [-0.2, 0) is 9.59 Å². The van der Waals surface area contributed by atoms with Gasteiger partial charge in [0, 0.05) is 48.2 Å². The molecule has 0 bridgehead atoms. The van der Waals surface area contributed by atoms with E-state index in [1.165, 1.54) is 0 Å². The van der Waals surface area contributed by atoms with Crippen LogP contribution in [0.2, 0.25) is 0 Å². The maximum atomic E-state index is 11.3. The average molecular weight is 395 g/mol. The van der Waals surface area contributed by atoms with E-state index in [9.17, 15) is 14.4 Å². The normalized spacial score (nSPS) is 10.4. The molecule has 0 aliphatic rings. The van der Waals surface area contributed by atoms with E-state index in [0.717, 1.165) is 35.8 Å². The Labute approximate surface area is 167 Å². The molecule has 1 aromatic carbocycles. The summed E-state index contributed by atoms with van der Waals surface area (Å²) < 4.78 is 2.05. The van der Waals surface area contributed by atoms with E-state index in [-0.39, 0.29) is 0 Å². The van der Waals surface area contributed by atoms with Crippen LogP contribution in [0.15, 0.2) is 67.1 Å². The van der Waals surface area contributed by atoms with Crippen molar-refractivity contribution < 1.29 is 24.6 Å². The van der Waals surface area contributed by atoms with Gasteiger partial charge in [0.25, 0.3) is 0 Å². The van der Waals surface area contributed by atoms with Crippen molar-refractivity contribution in [3.8, 4) is 0 Å². The fourth-order valence-corrected chi connectivity index (χ4v) is 2.71. The summed E-state index contributed by atoms with van der Waals surface area (Å²) in [6.07, 6.45) is 8.49. The minimum Gasteiger partial charge on any atom is -0.478 e. The van der Waals surface area contributed by atoms with Crippen molar-refractivity contribution in [1.82, 2.24) is 9.66 Å². The van der Waals surface area contributed by atoms with Crippen LogP contribution in [0.5, 0.6) is 0 Å². The predicted molar refractivity (Wildman–Crippen MR) is 109 cm³/mol. The Hall–Kier alpha value is -3.94. The van der Waals surface area contributed by atoms with Crippen molar-refractivity contribution in [2.24, 2.45) is 0 Å². The molecule has 2 N–H and O–H groups in total. The first-order valence-corrected chi connectivity index (χ1v) is 8.85. The minimum absolute atomic E-state index is 0.558. The van der Waals surface area contributed by atoms with Crippen LogP contribution in [0.25, 0.3) is 10.9 Å². The number of aldehydes is 1. The number of aliphatic carboxylic acids is 2. The topological polar surface area (TPSA) is 113 Å². The molecule has 0 fully saturated rings. The molecule has 0 saturated carbocycles. The number of para-hydroxylation sites is 1. The van der Waals surface area contributed by atoms with Gasteiger partial charge in [-0.3, -0.25) is 19.5 Å². The van der Waals surface area contributed by atoms with Gasteiger partial charge in [0.2, 0.25) is 0 Å². The number of aromatic nitrogens is 2. The van der Waals surface area contributed by atoms with E-state index in [2.05, 4.69) is 21.6 Å². The molecule has 0 unspecified atom stereocenters. The number of hydrogen-bond donors (Lipinski definition) is 2. The lowest BCUT2D eigenvalue weighted by Crippen LogP contribution is -2.29. The third-order valence-electron chi connectivity index (χ3n) is 3.87. The van der Waals surface area contributed by atoms with Crippen LogP contribution in [0, 0.1) is 0 Å². The standard InChI is InChI=1S/C17H17N3O.C4H4O4/c1-2-11-19(15-7-9-18-10-8-15)20-12-14(13-21)16-5-3-4-6-17(16)20;5-3(6)1-2-4(7)8/h3-10,12-13H,2,11H2,1H3;1-2H,(H,5,6)(H,7,8)/b;2-1-. The number of anilines is 1. The SMILES string of the molecule is CCCN(c1ccncc1)n1cc(C=O)c2ccccc21.O=C(O)/C=C\C(=O)O. The van der Waals surface area contributed by atoms with Crippen molar-refractivity contribution in [3.05, 3.63) is 72.7 Å². The van der Waals surface area contributed by atoms with Crippen LogP contribution in [0.3, 0.4) is 0 Å². The first-order chi connectivity index (χ1) is 14.0. The molecule has 2 heterocycles. The second kappa shape index (κ2) is 10.4. The number of fused-ring (bicyclic) bond motifs is 1. The van der Waals surface area contributed by atoms with Crippen molar-refractivity contribution in [1.29, 1.82) is 0 Å². The lowest BCUT2D eigenvalue weighted by molar-refractivity contribution is -0.134. The summed E-state index contributed by atoms with van der Waals surface area (Å²) in [6.45, 7) is 3.00. The molecular formula is C21H21N3O5. The summed E-state index contributed by atoms with van der Waals surface area (Å²) in [7, 11) is 0. The summed E-state index contributed by atoms with van der Waals surface area (Å²) in [5.74, 6) is -2.51. The molecule has 3 aromatic rings. The minimum atomic E-state index is -1.26. The van der Waals surface area contributed by atoms with E-state index in [4.69, 9.17) is 10.2 Å². The van der Waals surface area contributed by atoms with Crippen molar-refractivity contribution in [2.45, 2.75) is 13.3 Å². The number of nitrogens with zero attached hydrogens (tertiary/aromatic N) is 3. The highest BCUT2D eigenvalue weighted by Gasteiger charge is 2.13. The Morgan fingerprint density at radius 1 is 1.07 bits per heavy atom. The Morgan fingerprint density at radius 2 is 1.69 bits per heavy atom. The second-order valence-corrected chi connectivity index (χ2v) is 5.90. The Bertz CT molecular complexity index is 996. The predicted octanol–water partition coefficient (Wildman–Crippen LogP) is 3.24. The van der Waals surface area contributed by atoms with Crippen LogP contribution >= 0.6 is 0 Å². The van der Waals surface area contributed by atoms with Gasteiger partial charge in [-0.05, 0) is 24.6 Å². The Kier molecular flexibility index (Phi) is 7.67. The molecule has 0 amide bonds. The fraction of sp³-hybridized carbons (Fsp3) is 0.143. The quantitative estimate of drug-likeness (QED) is 0.466. The van der Waals surface area contributed by atoms with E-state index in [1.54, 1.807) is 12.4 Å². The Balaban J connectivity index is 0.000000321. The zero-order valence-corrected chi connectivity index (χ0v) is 15.8. The molecule has 29 heavy (non-hydrogen) atoms. The number of benzene rings is 1. The number of carboxylic acid groups (broad SMARTS) is 2. The number of carbonyl (C=O) groups excluding carboxylic acids is 1. The van der Waals surface area contributed by atoms with Crippen molar-refractivity contribution in [3.63, 3.8) is 0 Å². The van der Waals surface area contributed by atoms with Gasteiger partial charge < -0.3 is 10.2 Å². The third kappa shape index (κ3) is 5.77. The van der Waals surface area contributed by atoms with Crippen LogP contribution in [0.4, 0.5) is 5.69 Å². The van der Waals surface area contributed by atoms with Crippen molar-refractivity contribution in [2.75, 3.05) is 11.6 Å². The van der Waals surface area contributed by atoms with Gasteiger partial charge in [-0.1, -0.05) is 25.1 Å². The third-order valence-corrected chi connectivity index (χ3v) is 3.87. The van der Waals surface area contributed by atoms with Gasteiger partial charge >= 0.3 is 11.9 Å². The zero-order valence-electron chi connectivity index (χ0n) is 15.8. The summed E-state index contributed by atoms with van der Waals surface area (Å²) in [4.78, 5) is 34.5. The molecule has 150 valence electrons. The zero-order chi connectivity index (χ0) is 21.2. The van der Waals surface area contributed by atoms with Crippen molar-refractivity contribution >= 4 is 34.8 Å². The molecule has 2 aromatic heterocycles. The number of rotatable bonds is 7. The number of carboxylic acids is 2. The van der Waals surface area contributed by atoms with Gasteiger partial charge in [0.15, 0.2) is 6.29 Å². The fourth-order valence-electron chi connectivity index (χ4n) is 2.71. The Morgan fingerprint density at radius 3 is 2.24 bits per heavy atom. The molecule has 0 aliphatic carbocycles. The molecule has 0 spiro atoms. The molecule has 8 heteroatoms. The first kappa shape index (κ1) is 21.4. The monoisotopic (exact) mass is 395 g/mol. The van der Waals surface area contributed by atoms with Gasteiger partial charge in [0.05, 0.1) is 11.2 Å². The van der Waals surface area contributed by atoms with E-state index >= 15 is 0 Å². The number of pyridine rings is 1. The lowest BCUT2D eigenvalue weighted by atomic mass is 10.2. The van der Waals surface area contributed by atoms with Crippen LogP contribution in [0.1, 0.15) is 23.7 Å². The summed E-state index contributed by atoms with van der Waals surface area (Å²) in [6, 6.07) is 11.9. The molecule has 3 rings (SSSR count). The molecule has 0 saturated heterocycles. The van der Waals surface area contributed by atoms with Gasteiger partial charge in [-0.25, -0.2) is 9.59 Å². The van der Waals surface area contributed by atoms with Gasteiger partial charge in [0.1, 0.15) is 0 Å². The van der Waals surface area contributed by atoms with Crippen LogP contribution in [-0.4, -0.2) is 44.6 Å². The highest BCUT2D eigenvalue weighted by atomic mass is 16.4. The molecule has 8 nitrogen and oxygen atoms in total. The largest absolute Gasteiger partial charge is 0.478 e. The van der Waals surface area contributed by atoms with E-state index in [1.807, 2.05) is 42.6 Å². The molecule has 0 atom stereocenters. The first-order valence-electron chi connectivity index (χ1n) is 8.85. The summed E-state index contributed by atoms with van der Waals surface area (Å²) in [5.41, 5.74) is 2.80. The number of hydrogen-bond acceptors (Lipinski definition) is 5. The highest BCUT2D eigenvalue weighted by Crippen LogP contribution is 2.24. The van der Waals surface area contributed by atoms with E-state index < -0.39 is 11.9 Å². The van der Waals surface area contributed by atoms with Gasteiger partial charge in [-0.2, -0.15) is 0 Å². The molecule has 0 aliphatic heterocycles. The van der Waals surface area contributed by atoms with Gasteiger partial charge in [-0.15, -0.1) is 0 Å². The molecule has 0 radical (unpaired) electrons. The smallest absolute Gasteiger partial charge is 0.328 e. The number of carbonyl (C=O) groups is 3. The summed E-state index contributed by atoms with van der Waals surface area (Å²) >= 11 is 0. The maximum Gasteiger partial charge on any atom is 0.328 e. The maximum absolute atomic E-state index is 11.3. The molecular weight excluding hydrogens is 374 g/mol. The lowest BCUT2D eigenvalue weighted by Gasteiger charge is -2.26. The average Bonchev–Trinajstić information content (AvgIpc) is 3.10. The summed E-state index contributed by atoms with van der Waals surface area (Å²) in [5, 5.41) is 18.8. The highest BCUT2D eigenvalue weighted by molar-refractivity contribution is 5.98. The second-order valence-electron chi connectivity index (χ2n) is 5.90. The van der Waals surface area contributed by atoms with Crippen LogP contribution < -0.4 is 5.01 Å². The van der Waals surface area contributed by atoms with E-state index in [0.29, 0.717) is 17.7 Å².